The molecule has 0 fully saturated rings. The maximum atomic E-state index is 5.72. The van der Waals surface area contributed by atoms with Gasteiger partial charge in [0.15, 0.2) is 5.96 Å². The molecule has 6 heteroatoms. The number of fused-ring (bicyclic) bond motifs is 1. The van der Waals surface area contributed by atoms with Crippen LogP contribution in [0.4, 0.5) is 0 Å². The number of hydrogen-bond donors (Lipinski definition) is 2. The van der Waals surface area contributed by atoms with Gasteiger partial charge in [-0.1, -0.05) is 42.0 Å². The van der Waals surface area contributed by atoms with Gasteiger partial charge in [0.1, 0.15) is 12.4 Å². The topological polar surface area (TPSA) is 58.5 Å². The number of rotatable bonds is 6. The summed E-state index contributed by atoms with van der Waals surface area (Å²) in [5.74, 6) is 1.62. The Hall–Kier alpha value is -2.35. The van der Waals surface area contributed by atoms with E-state index in [0.717, 1.165) is 28.2 Å². The first kappa shape index (κ1) is 21.0. The van der Waals surface area contributed by atoms with Gasteiger partial charge in [-0.05, 0) is 30.7 Å². The molecule has 0 spiro atoms. The summed E-state index contributed by atoms with van der Waals surface area (Å²) in [6.07, 6.45) is 1.82. The van der Waals surface area contributed by atoms with Crippen molar-refractivity contribution in [2.75, 3.05) is 20.2 Å². The minimum Gasteiger partial charge on any atom is -0.492 e. The van der Waals surface area contributed by atoms with Gasteiger partial charge < -0.3 is 15.4 Å². The van der Waals surface area contributed by atoms with Crippen LogP contribution in [-0.4, -0.2) is 31.1 Å². The lowest BCUT2D eigenvalue weighted by molar-refractivity contribution is 0.322. The molecule has 0 amide bonds. The standard InChI is InChI=1S/C21H24N4O.HI/c1-16-8-10-19(11-9-16)26-14-13-24-21(22-2)25-15-18-6-3-5-17-7-4-12-23-20(17)18;/h3-12H,13-15H2,1-2H3,(H2,22,24,25);1H. The minimum atomic E-state index is 0. The number of aryl methyl sites for hydroxylation is 1. The van der Waals surface area contributed by atoms with E-state index in [1.54, 1.807) is 7.05 Å². The van der Waals surface area contributed by atoms with E-state index in [1.165, 1.54) is 5.56 Å². The lowest BCUT2D eigenvalue weighted by Crippen LogP contribution is -2.38. The van der Waals surface area contributed by atoms with Crippen LogP contribution in [0.2, 0.25) is 0 Å². The summed E-state index contributed by atoms with van der Waals surface area (Å²) in [6, 6.07) is 18.3. The van der Waals surface area contributed by atoms with Crippen molar-refractivity contribution in [1.82, 2.24) is 15.6 Å². The average molecular weight is 476 g/mol. The Balaban J connectivity index is 0.00000261. The Bertz CT molecular complexity index is 875. The van der Waals surface area contributed by atoms with Gasteiger partial charge in [-0.25, -0.2) is 0 Å². The molecule has 5 nitrogen and oxygen atoms in total. The van der Waals surface area contributed by atoms with Crippen LogP contribution in [-0.2, 0) is 6.54 Å². The Morgan fingerprint density at radius 1 is 1.04 bits per heavy atom. The molecule has 1 heterocycles. The number of aliphatic imine (C=N–C) groups is 1. The fraction of sp³-hybridized carbons (Fsp3) is 0.238. The minimum absolute atomic E-state index is 0. The highest BCUT2D eigenvalue weighted by molar-refractivity contribution is 14.0. The van der Waals surface area contributed by atoms with Crippen molar-refractivity contribution < 1.29 is 4.74 Å². The quantitative estimate of drug-likeness (QED) is 0.245. The number of ether oxygens (including phenoxy) is 1. The highest BCUT2D eigenvalue weighted by Crippen LogP contribution is 2.15. The normalized spacial score (nSPS) is 11.0. The molecule has 0 saturated carbocycles. The first-order chi connectivity index (χ1) is 12.8. The third-order valence-corrected chi connectivity index (χ3v) is 4.07. The van der Waals surface area contributed by atoms with Gasteiger partial charge in [0.05, 0.1) is 12.1 Å². The van der Waals surface area contributed by atoms with Crippen LogP contribution in [0.1, 0.15) is 11.1 Å². The lowest BCUT2D eigenvalue weighted by Gasteiger charge is -2.13. The monoisotopic (exact) mass is 476 g/mol. The second-order valence-corrected chi connectivity index (χ2v) is 6.01. The molecule has 1 aromatic heterocycles. The zero-order valence-electron chi connectivity index (χ0n) is 15.6. The van der Waals surface area contributed by atoms with Crippen molar-refractivity contribution in [3.05, 3.63) is 71.9 Å². The van der Waals surface area contributed by atoms with E-state index in [4.69, 9.17) is 4.74 Å². The van der Waals surface area contributed by atoms with Crippen LogP contribution in [0, 0.1) is 6.92 Å². The van der Waals surface area contributed by atoms with E-state index in [9.17, 15) is 0 Å². The zero-order valence-corrected chi connectivity index (χ0v) is 17.9. The van der Waals surface area contributed by atoms with E-state index in [2.05, 4.69) is 45.7 Å². The van der Waals surface area contributed by atoms with Gasteiger partial charge in [-0.15, -0.1) is 24.0 Å². The maximum absolute atomic E-state index is 5.72. The highest BCUT2D eigenvalue weighted by Gasteiger charge is 2.03. The number of nitrogens with one attached hydrogen (secondary N) is 2. The van der Waals surface area contributed by atoms with E-state index < -0.39 is 0 Å². The number of aromatic nitrogens is 1. The lowest BCUT2D eigenvalue weighted by atomic mass is 10.1. The molecule has 3 aromatic rings. The van der Waals surface area contributed by atoms with Gasteiger partial charge in [0.25, 0.3) is 0 Å². The fourth-order valence-electron chi connectivity index (χ4n) is 2.68. The molecule has 0 atom stereocenters. The highest BCUT2D eigenvalue weighted by atomic mass is 127. The molecule has 0 bridgehead atoms. The Labute approximate surface area is 177 Å². The predicted molar refractivity (Wildman–Crippen MR) is 122 cm³/mol. The molecule has 0 aliphatic heterocycles. The summed E-state index contributed by atoms with van der Waals surface area (Å²) in [4.78, 5) is 8.74. The molecule has 2 N–H and O–H groups in total. The number of nitrogens with zero attached hydrogens (tertiary/aromatic N) is 2. The van der Waals surface area contributed by atoms with Gasteiger partial charge in [0.2, 0.25) is 0 Å². The van der Waals surface area contributed by atoms with Crippen molar-refractivity contribution in [3.8, 4) is 5.75 Å². The van der Waals surface area contributed by atoms with Crippen LogP contribution in [0.3, 0.4) is 0 Å². The van der Waals surface area contributed by atoms with Crippen LogP contribution >= 0.6 is 24.0 Å². The second-order valence-electron chi connectivity index (χ2n) is 6.01. The summed E-state index contributed by atoms with van der Waals surface area (Å²) < 4.78 is 5.72. The summed E-state index contributed by atoms with van der Waals surface area (Å²) in [6.45, 7) is 3.96. The Morgan fingerprint density at radius 2 is 1.81 bits per heavy atom. The van der Waals surface area contributed by atoms with Crippen molar-refractivity contribution in [3.63, 3.8) is 0 Å². The predicted octanol–water partition coefficient (Wildman–Crippen LogP) is 3.91. The molecule has 0 unspecified atom stereocenters. The van der Waals surface area contributed by atoms with Gasteiger partial charge in [-0.2, -0.15) is 0 Å². The molecule has 0 aliphatic rings. The summed E-state index contributed by atoms with van der Waals surface area (Å²) >= 11 is 0. The number of halogens is 1. The van der Waals surface area contributed by atoms with Crippen LogP contribution in [0.25, 0.3) is 10.9 Å². The molecule has 0 aliphatic carbocycles. The van der Waals surface area contributed by atoms with E-state index in [0.29, 0.717) is 19.7 Å². The molecular weight excluding hydrogens is 451 g/mol. The Kier molecular flexibility index (Phi) is 8.32. The number of benzene rings is 2. The number of guanidine groups is 1. The van der Waals surface area contributed by atoms with Crippen LogP contribution < -0.4 is 15.4 Å². The molecule has 27 heavy (non-hydrogen) atoms. The SMILES string of the molecule is CN=C(NCCOc1ccc(C)cc1)NCc1cccc2cccnc12.I. The molecule has 2 aromatic carbocycles. The number of hydrogen-bond acceptors (Lipinski definition) is 3. The largest absolute Gasteiger partial charge is 0.492 e. The molecule has 3 rings (SSSR count). The van der Waals surface area contributed by atoms with Gasteiger partial charge in [-0.3, -0.25) is 9.98 Å². The van der Waals surface area contributed by atoms with Crippen molar-refractivity contribution in [2.24, 2.45) is 4.99 Å². The van der Waals surface area contributed by atoms with Gasteiger partial charge >= 0.3 is 0 Å². The maximum Gasteiger partial charge on any atom is 0.191 e. The third kappa shape index (κ3) is 6.09. The van der Waals surface area contributed by atoms with Gasteiger partial charge in [0, 0.05) is 25.2 Å². The van der Waals surface area contributed by atoms with Crippen LogP contribution in [0.5, 0.6) is 5.75 Å². The zero-order chi connectivity index (χ0) is 18.2. The number of para-hydroxylation sites is 1. The first-order valence-corrected chi connectivity index (χ1v) is 8.73. The third-order valence-electron chi connectivity index (χ3n) is 4.07. The molecule has 0 radical (unpaired) electrons. The van der Waals surface area contributed by atoms with Crippen molar-refractivity contribution in [2.45, 2.75) is 13.5 Å². The summed E-state index contributed by atoms with van der Waals surface area (Å²) in [5.41, 5.74) is 3.38. The van der Waals surface area contributed by atoms with E-state index in [1.807, 2.05) is 42.6 Å². The van der Waals surface area contributed by atoms with E-state index in [-0.39, 0.29) is 24.0 Å². The van der Waals surface area contributed by atoms with Crippen molar-refractivity contribution in [1.29, 1.82) is 0 Å². The summed E-state index contributed by atoms with van der Waals surface area (Å²) in [7, 11) is 1.76. The number of pyridine rings is 1. The fourth-order valence-corrected chi connectivity index (χ4v) is 2.68. The van der Waals surface area contributed by atoms with Crippen LogP contribution in [0.15, 0.2) is 65.8 Å². The summed E-state index contributed by atoms with van der Waals surface area (Å²) in [5, 5.41) is 7.73. The van der Waals surface area contributed by atoms with Crippen molar-refractivity contribution >= 4 is 40.8 Å². The average Bonchev–Trinajstić information content (AvgIpc) is 2.69. The second kappa shape index (κ2) is 10.7. The molecular formula is C21H25IN4O. The Morgan fingerprint density at radius 3 is 2.59 bits per heavy atom. The molecule has 0 saturated heterocycles. The first-order valence-electron chi connectivity index (χ1n) is 8.73. The molecule has 142 valence electrons. The smallest absolute Gasteiger partial charge is 0.191 e. The van der Waals surface area contributed by atoms with E-state index >= 15 is 0 Å².